The monoisotopic (exact) mass is 267 g/mol. The first kappa shape index (κ1) is 14.5. The minimum absolute atomic E-state index is 0.233. The molecule has 0 saturated carbocycles. The molecule has 2 heterocycles. The van der Waals surface area contributed by atoms with E-state index < -0.39 is 0 Å². The van der Waals surface area contributed by atoms with Gasteiger partial charge < -0.3 is 15.4 Å². The summed E-state index contributed by atoms with van der Waals surface area (Å²) in [5.74, 6) is 0.233. The predicted molar refractivity (Wildman–Crippen MR) is 74.8 cm³/mol. The number of rotatable bonds is 4. The van der Waals surface area contributed by atoms with Crippen molar-refractivity contribution in [3.8, 4) is 0 Å². The zero-order valence-electron chi connectivity index (χ0n) is 11.6. The second-order valence-corrected chi connectivity index (χ2v) is 5.48. The van der Waals surface area contributed by atoms with Crippen LogP contribution in [0, 0.1) is 5.41 Å². The van der Waals surface area contributed by atoms with Gasteiger partial charge in [-0.1, -0.05) is 6.08 Å². The number of nitrogens with two attached hydrogens (primary N) is 1. The highest BCUT2D eigenvalue weighted by Crippen LogP contribution is 2.32. The summed E-state index contributed by atoms with van der Waals surface area (Å²) in [6, 6.07) is 0. The average Bonchev–Trinajstić information content (AvgIpc) is 2.48. The standard InChI is InChI=1S/C14H25N3O2/c1-2-5-16-6-8-17(9-7-16)13(18)14(12-15)3-10-19-11-4-14/h2H,1,3-12,15H2. The Bertz CT molecular complexity index is 319. The van der Waals surface area contributed by atoms with Crippen LogP contribution in [0.4, 0.5) is 0 Å². The quantitative estimate of drug-likeness (QED) is 0.733. The Kier molecular flexibility index (Phi) is 4.96. The molecule has 0 atom stereocenters. The molecule has 2 fully saturated rings. The number of ether oxygens (including phenoxy) is 1. The van der Waals surface area contributed by atoms with E-state index in [1.807, 2.05) is 11.0 Å². The van der Waals surface area contributed by atoms with E-state index in [1.54, 1.807) is 0 Å². The third-order valence-electron chi connectivity index (χ3n) is 4.34. The molecule has 0 aromatic heterocycles. The van der Waals surface area contributed by atoms with Gasteiger partial charge in [-0.25, -0.2) is 0 Å². The molecule has 0 aliphatic carbocycles. The minimum Gasteiger partial charge on any atom is -0.381 e. The highest BCUT2D eigenvalue weighted by molar-refractivity contribution is 5.83. The maximum absolute atomic E-state index is 12.7. The van der Waals surface area contributed by atoms with Crippen LogP contribution in [-0.2, 0) is 9.53 Å². The summed E-state index contributed by atoms with van der Waals surface area (Å²) < 4.78 is 5.37. The van der Waals surface area contributed by atoms with Crippen molar-refractivity contribution in [3.63, 3.8) is 0 Å². The molecule has 2 aliphatic rings. The van der Waals surface area contributed by atoms with Crippen LogP contribution in [0.15, 0.2) is 12.7 Å². The van der Waals surface area contributed by atoms with E-state index in [2.05, 4.69) is 11.5 Å². The first-order chi connectivity index (χ1) is 9.22. The minimum atomic E-state index is -0.376. The van der Waals surface area contributed by atoms with Gasteiger partial charge in [0.15, 0.2) is 0 Å². The maximum Gasteiger partial charge on any atom is 0.230 e. The van der Waals surface area contributed by atoms with Gasteiger partial charge in [0.2, 0.25) is 5.91 Å². The Morgan fingerprint density at radius 1 is 1.26 bits per heavy atom. The van der Waals surface area contributed by atoms with Gasteiger partial charge in [0.1, 0.15) is 0 Å². The van der Waals surface area contributed by atoms with Crippen molar-refractivity contribution in [1.82, 2.24) is 9.80 Å². The number of hydrogen-bond donors (Lipinski definition) is 1. The predicted octanol–water partition coefficient (Wildman–Crippen LogP) is 0.0721. The Morgan fingerprint density at radius 2 is 1.89 bits per heavy atom. The molecule has 0 bridgehead atoms. The van der Waals surface area contributed by atoms with Gasteiger partial charge in [0, 0.05) is 52.5 Å². The van der Waals surface area contributed by atoms with Crippen LogP contribution in [0.1, 0.15) is 12.8 Å². The van der Waals surface area contributed by atoms with Crippen molar-refractivity contribution in [1.29, 1.82) is 0 Å². The Balaban J connectivity index is 1.94. The van der Waals surface area contributed by atoms with Gasteiger partial charge in [0.25, 0.3) is 0 Å². The molecule has 108 valence electrons. The number of carbonyl (C=O) groups excluding carboxylic acids is 1. The second-order valence-electron chi connectivity index (χ2n) is 5.48. The summed E-state index contributed by atoms with van der Waals surface area (Å²) in [5, 5.41) is 0. The molecule has 0 spiro atoms. The van der Waals surface area contributed by atoms with E-state index in [0.717, 1.165) is 45.6 Å². The zero-order valence-corrected chi connectivity index (χ0v) is 11.6. The van der Waals surface area contributed by atoms with Crippen LogP contribution in [0.2, 0.25) is 0 Å². The smallest absolute Gasteiger partial charge is 0.230 e. The first-order valence-corrected chi connectivity index (χ1v) is 7.12. The molecule has 0 aromatic carbocycles. The SMILES string of the molecule is C=CCN1CCN(C(=O)C2(CN)CCOCC2)CC1. The van der Waals surface area contributed by atoms with Crippen LogP contribution < -0.4 is 5.73 Å². The third kappa shape index (κ3) is 3.16. The Morgan fingerprint density at radius 3 is 2.42 bits per heavy atom. The van der Waals surface area contributed by atoms with Crippen molar-refractivity contribution < 1.29 is 9.53 Å². The van der Waals surface area contributed by atoms with Crippen molar-refractivity contribution >= 4 is 5.91 Å². The maximum atomic E-state index is 12.7. The summed E-state index contributed by atoms with van der Waals surface area (Å²) in [7, 11) is 0. The van der Waals surface area contributed by atoms with Gasteiger partial charge in [-0.2, -0.15) is 0 Å². The van der Waals surface area contributed by atoms with Crippen molar-refractivity contribution in [2.75, 3.05) is 52.5 Å². The Hall–Kier alpha value is -0.910. The van der Waals surface area contributed by atoms with Gasteiger partial charge in [-0.15, -0.1) is 6.58 Å². The molecule has 2 aliphatic heterocycles. The van der Waals surface area contributed by atoms with Crippen LogP contribution >= 0.6 is 0 Å². The van der Waals surface area contributed by atoms with Gasteiger partial charge >= 0.3 is 0 Å². The normalized spacial score (nSPS) is 24.2. The largest absolute Gasteiger partial charge is 0.381 e. The molecular formula is C14H25N3O2. The summed E-state index contributed by atoms with van der Waals surface area (Å²) in [6.45, 7) is 9.84. The summed E-state index contributed by atoms with van der Waals surface area (Å²) in [4.78, 5) is 17.0. The second kappa shape index (κ2) is 6.50. The number of piperazine rings is 1. The number of amides is 1. The van der Waals surface area contributed by atoms with Gasteiger partial charge in [-0.05, 0) is 12.8 Å². The fourth-order valence-electron chi connectivity index (χ4n) is 2.92. The average molecular weight is 267 g/mol. The van der Waals surface area contributed by atoms with E-state index in [0.29, 0.717) is 19.8 Å². The summed E-state index contributed by atoms with van der Waals surface area (Å²) in [6.07, 6.45) is 3.43. The molecule has 2 rings (SSSR count). The van der Waals surface area contributed by atoms with Crippen molar-refractivity contribution in [3.05, 3.63) is 12.7 Å². The lowest BCUT2D eigenvalue weighted by Crippen LogP contribution is -2.56. The summed E-state index contributed by atoms with van der Waals surface area (Å²) in [5.41, 5.74) is 5.52. The lowest BCUT2D eigenvalue weighted by molar-refractivity contribution is -0.148. The van der Waals surface area contributed by atoms with E-state index in [9.17, 15) is 4.79 Å². The van der Waals surface area contributed by atoms with E-state index in [4.69, 9.17) is 10.5 Å². The molecule has 2 saturated heterocycles. The molecule has 2 N–H and O–H groups in total. The van der Waals surface area contributed by atoms with E-state index >= 15 is 0 Å². The number of carbonyl (C=O) groups is 1. The Labute approximate surface area is 115 Å². The molecule has 0 unspecified atom stereocenters. The molecule has 1 amide bonds. The molecule has 19 heavy (non-hydrogen) atoms. The number of nitrogens with zero attached hydrogens (tertiary/aromatic N) is 2. The highest BCUT2D eigenvalue weighted by Gasteiger charge is 2.41. The first-order valence-electron chi connectivity index (χ1n) is 7.12. The fraction of sp³-hybridized carbons (Fsp3) is 0.786. The lowest BCUT2D eigenvalue weighted by Gasteiger charge is -2.42. The summed E-state index contributed by atoms with van der Waals surface area (Å²) >= 11 is 0. The zero-order chi connectivity index (χ0) is 13.7. The number of hydrogen-bond acceptors (Lipinski definition) is 4. The molecule has 0 aromatic rings. The van der Waals surface area contributed by atoms with Crippen molar-refractivity contribution in [2.45, 2.75) is 12.8 Å². The van der Waals surface area contributed by atoms with Crippen LogP contribution in [0.25, 0.3) is 0 Å². The van der Waals surface area contributed by atoms with Gasteiger partial charge in [-0.3, -0.25) is 9.69 Å². The highest BCUT2D eigenvalue weighted by atomic mass is 16.5. The van der Waals surface area contributed by atoms with Crippen LogP contribution in [0.5, 0.6) is 0 Å². The molecule has 5 nitrogen and oxygen atoms in total. The van der Waals surface area contributed by atoms with E-state index in [1.165, 1.54) is 0 Å². The molecule has 0 radical (unpaired) electrons. The van der Waals surface area contributed by atoms with Gasteiger partial charge in [0.05, 0.1) is 5.41 Å². The van der Waals surface area contributed by atoms with Crippen LogP contribution in [0.3, 0.4) is 0 Å². The fourth-order valence-corrected chi connectivity index (χ4v) is 2.92. The van der Waals surface area contributed by atoms with Crippen LogP contribution in [-0.4, -0.2) is 68.2 Å². The molecule has 5 heteroatoms. The third-order valence-corrected chi connectivity index (χ3v) is 4.34. The van der Waals surface area contributed by atoms with Crippen molar-refractivity contribution in [2.24, 2.45) is 11.1 Å². The topological polar surface area (TPSA) is 58.8 Å². The molecular weight excluding hydrogens is 242 g/mol. The lowest BCUT2D eigenvalue weighted by atomic mass is 9.78. The van der Waals surface area contributed by atoms with E-state index in [-0.39, 0.29) is 11.3 Å².